The number of methoxy groups -OCH3 is 1. The molecule has 4 rings (SSSR count). The number of hydrogen-bond acceptors (Lipinski definition) is 5. The topological polar surface area (TPSA) is 74.0 Å². The van der Waals surface area contributed by atoms with Gasteiger partial charge in [0.25, 0.3) is 0 Å². The van der Waals surface area contributed by atoms with E-state index in [9.17, 15) is 4.79 Å². The Morgan fingerprint density at radius 1 is 1.06 bits per heavy atom. The van der Waals surface area contributed by atoms with Crippen LogP contribution >= 0.6 is 0 Å². The van der Waals surface area contributed by atoms with Crippen LogP contribution in [0.1, 0.15) is 29.9 Å². The standard InChI is InChI=1S/C27H32N2O4/c1-31-23-12-13-25-21(15-23)9-5-10-24(25)22-18-32-27(33-19-22)11-6-14-29(17-26(28)30)16-20-7-3-2-4-8-20/h2-5,7-10,12-13,15,22,27H,6,11,14,16-19H2,1H3,(H2,28,30). The Morgan fingerprint density at radius 2 is 1.85 bits per heavy atom. The zero-order chi connectivity index (χ0) is 23.0. The van der Waals surface area contributed by atoms with Crippen LogP contribution in [0.4, 0.5) is 0 Å². The summed E-state index contributed by atoms with van der Waals surface area (Å²) in [6, 6.07) is 22.6. The van der Waals surface area contributed by atoms with Gasteiger partial charge in [-0.15, -0.1) is 0 Å². The average molecular weight is 449 g/mol. The van der Waals surface area contributed by atoms with Crippen molar-refractivity contribution < 1.29 is 19.0 Å². The Bertz CT molecular complexity index is 1050. The summed E-state index contributed by atoms with van der Waals surface area (Å²) in [4.78, 5) is 13.6. The number of fused-ring (bicyclic) bond motifs is 1. The molecule has 0 aromatic heterocycles. The molecule has 6 heteroatoms. The van der Waals surface area contributed by atoms with Crippen LogP contribution < -0.4 is 10.5 Å². The van der Waals surface area contributed by atoms with Gasteiger partial charge < -0.3 is 19.9 Å². The van der Waals surface area contributed by atoms with Gasteiger partial charge in [0.2, 0.25) is 5.91 Å². The van der Waals surface area contributed by atoms with E-state index in [4.69, 9.17) is 19.9 Å². The highest BCUT2D eigenvalue weighted by atomic mass is 16.7. The first-order chi connectivity index (χ1) is 16.1. The number of primary amides is 1. The SMILES string of the molecule is COc1ccc2c(C3COC(CCCN(CC(N)=O)Cc4ccccc4)OC3)cccc2c1. The number of amides is 1. The number of nitrogens with two attached hydrogens (primary N) is 1. The molecule has 0 saturated carbocycles. The van der Waals surface area contributed by atoms with E-state index in [0.29, 0.717) is 19.8 Å². The first-order valence-electron chi connectivity index (χ1n) is 11.5. The lowest BCUT2D eigenvalue weighted by Crippen LogP contribution is -2.35. The van der Waals surface area contributed by atoms with Crippen molar-refractivity contribution in [3.05, 3.63) is 77.9 Å². The number of benzene rings is 3. The molecule has 3 aromatic carbocycles. The van der Waals surface area contributed by atoms with E-state index in [2.05, 4.69) is 47.4 Å². The van der Waals surface area contributed by atoms with E-state index in [1.807, 2.05) is 24.3 Å². The first-order valence-corrected chi connectivity index (χ1v) is 11.5. The molecule has 33 heavy (non-hydrogen) atoms. The molecular formula is C27H32N2O4. The Balaban J connectivity index is 1.28. The number of nitrogens with zero attached hydrogens (tertiary/aromatic N) is 1. The van der Waals surface area contributed by atoms with Gasteiger partial charge in [0.1, 0.15) is 5.75 Å². The van der Waals surface area contributed by atoms with Gasteiger partial charge in [-0.3, -0.25) is 9.69 Å². The number of carbonyl (C=O) groups excluding carboxylic acids is 1. The zero-order valence-corrected chi connectivity index (χ0v) is 19.1. The van der Waals surface area contributed by atoms with Crippen molar-refractivity contribution in [2.45, 2.75) is 31.6 Å². The lowest BCUT2D eigenvalue weighted by molar-refractivity contribution is -0.190. The smallest absolute Gasteiger partial charge is 0.231 e. The van der Waals surface area contributed by atoms with Crippen molar-refractivity contribution in [2.75, 3.05) is 33.4 Å². The zero-order valence-electron chi connectivity index (χ0n) is 19.1. The van der Waals surface area contributed by atoms with Crippen LogP contribution in [0.2, 0.25) is 0 Å². The molecule has 0 radical (unpaired) electrons. The number of carbonyl (C=O) groups is 1. The van der Waals surface area contributed by atoms with Gasteiger partial charge >= 0.3 is 0 Å². The fourth-order valence-electron chi connectivity index (χ4n) is 4.42. The van der Waals surface area contributed by atoms with Crippen molar-refractivity contribution in [1.82, 2.24) is 4.90 Å². The molecule has 0 aliphatic carbocycles. The molecule has 1 aliphatic heterocycles. The van der Waals surface area contributed by atoms with E-state index >= 15 is 0 Å². The molecule has 1 aliphatic rings. The van der Waals surface area contributed by atoms with Crippen molar-refractivity contribution >= 4 is 16.7 Å². The van der Waals surface area contributed by atoms with Gasteiger partial charge in [0.05, 0.1) is 26.9 Å². The predicted molar refractivity (Wildman–Crippen MR) is 129 cm³/mol. The summed E-state index contributed by atoms with van der Waals surface area (Å²) in [5.74, 6) is 0.739. The number of rotatable bonds is 10. The Hall–Kier alpha value is -2.93. The van der Waals surface area contributed by atoms with Crippen LogP contribution in [-0.2, 0) is 20.8 Å². The molecule has 2 N–H and O–H groups in total. The average Bonchev–Trinajstić information content (AvgIpc) is 2.84. The lowest BCUT2D eigenvalue weighted by Gasteiger charge is -2.31. The maximum absolute atomic E-state index is 11.5. The minimum absolute atomic E-state index is 0.197. The summed E-state index contributed by atoms with van der Waals surface area (Å²) in [6.07, 6.45) is 1.43. The highest BCUT2D eigenvalue weighted by Gasteiger charge is 2.25. The van der Waals surface area contributed by atoms with E-state index in [1.165, 1.54) is 16.5 Å². The molecular weight excluding hydrogens is 416 g/mol. The summed E-state index contributed by atoms with van der Waals surface area (Å²) < 4.78 is 17.5. The molecule has 0 atom stereocenters. The summed E-state index contributed by atoms with van der Waals surface area (Å²) in [5, 5.41) is 2.36. The maximum atomic E-state index is 11.5. The van der Waals surface area contributed by atoms with E-state index < -0.39 is 0 Å². The van der Waals surface area contributed by atoms with Gasteiger partial charge in [0.15, 0.2) is 6.29 Å². The fraction of sp³-hybridized carbons (Fsp3) is 0.370. The second kappa shape index (κ2) is 11.3. The number of hydrogen-bond donors (Lipinski definition) is 1. The summed E-state index contributed by atoms with van der Waals surface area (Å²) in [6.45, 7) is 2.96. The molecule has 1 saturated heterocycles. The first kappa shape index (κ1) is 23.2. The van der Waals surface area contributed by atoms with Crippen molar-refractivity contribution in [2.24, 2.45) is 5.73 Å². The van der Waals surface area contributed by atoms with Crippen LogP contribution in [0.5, 0.6) is 5.75 Å². The van der Waals surface area contributed by atoms with Gasteiger partial charge in [-0.25, -0.2) is 0 Å². The second-order valence-corrected chi connectivity index (χ2v) is 8.53. The molecule has 0 unspecified atom stereocenters. The highest BCUT2D eigenvalue weighted by Crippen LogP contribution is 2.31. The minimum atomic E-state index is -0.313. The molecule has 174 valence electrons. The molecule has 0 bridgehead atoms. The summed E-state index contributed by atoms with van der Waals surface area (Å²) >= 11 is 0. The van der Waals surface area contributed by atoms with E-state index in [0.717, 1.165) is 30.5 Å². The third-order valence-electron chi connectivity index (χ3n) is 6.07. The molecule has 1 fully saturated rings. The minimum Gasteiger partial charge on any atom is -0.497 e. The fourth-order valence-corrected chi connectivity index (χ4v) is 4.42. The molecule has 1 heterocycles. The molecule has 3 aromatic rings. The quantitative estimate of drug-likeness (QED) is 0.506. The lowest BCUT2D eigenvalue weighted by atomic mass is 9.94. The van der Waals surface area contributed by atoms with E-state index in [-0.39, 0.29) is 24.7 Å². The van der Waals surface area contributed by atoms with Crippen LogP contribution in [0.3, 0.4) is 0 Å². The summed E-state index contributed by atoms with van der Waals surface area (Å²) in [5.41, 5.74) is 7.86. The molecule has 6 nitrogen and oxygen atoms in total. The van der Waals surface area contributed by atoms with Crippen molar-refractivity contribution in [3.63, 3.8) is 0 Å². The van der Waals surface area contributed by atoms with Crippen LogP contribution in [0, 0.1) is 0 Å². The summed E-state index contributed by atoms with van der Waals surface area (Å²) in [7, 11) is 1.68. The Kier molecular flexibility index (Phi) is 7.94. The predicted octanol–water partition coefficient (Wildman–Crippen LogP) is 4.07. The largest absolute Gasteiger partial charge is 0.497 e. The highest BCUT2D eigenvalue weighted by molar-refractivity contribution is 5.87. The molecule has 0 spiro atoms. The van der Waals surface area contributed by atoms with Crippen molar-refractivity contribution in [1.29, 1.82) is 0 Å². The third-order valence-corrected chi connectivity index (χ3v) is 6.07. The van der Waals surface area contributed by atoms with Crippen LogP contribution in [0.25, 0.3) is 10.8 Å². The second-order valence-electron chi connectivity index (χ2n) is 8.53. The van der Waals surface area contributed by atoms with Gasteiger partial charge in [0, 0.05) is 12.5 Å². The van der Waals surface area contributed by atoms with E-state index in [1.54, 1.807) is 7.11 Å². The van der Waals surface area contributed by atoms with Crippen LogP contribution in [-0.4, -0.2) is 50.5 Å². The van der Waals surface area contributed by atoms with Gasteiger partial charge in [-0.2, -0.15) is 0 Å². The van der Waals surface area contributed by atoms with Crippen LogP contribution in [0.15, 0.2) is 66.7 Å². The third kappa shape index (κ3) is 6.32. The Labute approximate surface area is 195 Å². The monoisotopic (exact) mass is 448 g/mol. The number of ether oxygens (including phenoxy) is 3. The van der Waals surface area contributed by atoms with Gasteiger partial charge in [-0.1, -0.05) is 54.6 Å². The molecule has 1 amide bonds. The maximum Gasteiger partial charge on any atom is 0.231 e. The normalized spacial score (nSPS) is 18.5. The van der Waals surface area contributed by atoms with Crippen molar-refractivity contribution in [3.8, 4) is 5.75 Å². The Morgan fingerprint density at radius 3 is 2.58 bits per heavy atom. The van der Waals surface area contributed by atoms with Gasteiger partial charge in [-0.05, 0) is 53.4 Å².